The molecule has 1 aromatic carbocycles. The zero-order chi connectivity index (χ0) is 16.8. The molecular weight excluding hydrogens is 316 g/mol. The van der Waals surface area contributed by atoms with Gasteiger partial charge in [0.1, 0.15) is 0 Å². The molecule has 1 aliphatic carbocycles. The predicted octanol–water partition coefficient (Wildman–Crippen LogP) is 2.49. The van der Waals surface area contributed by atoms with Gasteiger partial charge in [-0.3, -0.25) is 9.69 Å². The van der Waals surface area contributed by atoms with Crippen molar-refractivity contribution in [2.45, 2.75) is 37.8 Å². The van der Waals surface area contributed by atoms with Crippen LogP contribution >= 0.6 is 0 Å². The summed E-state index contributed by atoms with van der Waals surface area (Å²) < 4.78 is 5.64. The Morgan fingerprint density at radius 3 is 2.80 bits per heavy atom. The van der Waals surface area contributed by atoms with E-state index in [9.17, 15) is 4.79 Å². The number of fused-ring (bicyclic) bond motifs is 2. The van der Waals surface area contributed by atoms with Gasteiger partial charge in [0.15, 0.2) is 0 Å². The van der Waals surface area contributed by atoms with E-state index in [1.54, 1.807) is 0 Å². The number of nitrogens with zero attached hydrogens (tertiary/aromatic N) is 4. The van der Waals surface area contributed by atoms with Crippen LogP contribution in [-0.4, -0.2) is 51.5 Å². The van der Waals surface area contributed by atoms with Crippen molar-refractivity contribution in [2.75, 3.05) is 19.6 Å². The van der Waals surface area contributed by atoms with Gasteiger partial charge in [-0.1, -0.05) is 35.5 Å². The van der Waals surface area contributed by atoms with E-state index in [4.69, 9.17) is 4.52 Å². The zero-order valence-electron chi connectivity index (χ0n) is 14.2. The Bertz CT molecular complexity index is 771. The molecule has 3 fully saturated rings. The van der Waals surface area contributed by atoms with Gasteiger partial charge in [-0.25, -0.2) is 0 Å². The minimum absolute atomic E-state index is 0.0916. The number of likely N-dealkylation sites (tertiary alicyclic amines) is 2. The Morgan fingerprint density at radius 2 is 2.04 bits per heavy atom. The molecule has 2 saturated heterocycles. The highest BCUT2D eigenvalue weighted by Crippen LogP contribution is 2.49. The van der Waals surface area contributed by atoms with E-state index in [-0.39, 0.29) is 11.9 Å². The third-order valence-electron chi connectivity index (χ3n) is 5.97. The normalized spacial score (nSPS) is 28.3. The van der Waals surface area contributed by atoms with Crippen molar-refractivity contribution >= 4 is 5.91 Å². The summed E-state index contributed by atoms with van der Waals surface area (Å²) in [5.74, 6) is 2.07. The lowest BCUT2D eigenvalue weighted by Gasteiger charge is -2.37. The number of carbonyl (C=O) groups excluding carboxylic acids is 1. The number of rotatable bonds is 4. The quantitative estimate of drug-likeness (QED) is 0.857. The monoisotopic (exact) mass is 338 g/mol. The molecule has 2 aromatic rings. The van der Waals surface area contributed by atoms with Gasteiger partial charge < -0.3 is 9.42 Å². The molecule has 0 spiro atoms. The first-order valence-electron chi connectivity index (χ1n) is 9.22. The van der Waals surface area contributed by atoms with Crippen LogP contribution in [0.5, 0.6) is 0 Å². The number of aromatic nitrogens is 2. The maximum atomic E-state index is 12.5. The third-order valence-corrected chi connectivity index (χ3v) is 5.97. The summed E-state index contributed by atoms with van der Waals surface area (Å²) in [4.78, 5) is 21.4. The summed E-state index contributed by atoms with van der Waals surface area (Å²) >= 11 is 0. The second-order valence-electron chi connectivity index (χ2n) is 7.40. The first-order chi connectivity index (χ1) is 12.3. The first-order valence-corrected chi connectivity index (χ1v) is 9.22. The van der Waals surface area contributed by atoms with Crippen molar-refractivity contribution in [3.05, 3.63) is 36.2 Å². The lowest BCUT2D eigenvalue weighted by molar-refractivity contribution is -0.137. The van der Waals surface area contributed by atoms with Crippen molar-refractivity contribution in [2.24, 2.45) is 5.92 Å². The molecule has 5 rings (SSSR count). The predicted molar refractivity (Wildman–Crippen MR) is 91.5 cm³/mol. The average Bonchev–Trinajstić information content (AvgIpc) is 3.29. The third kappa shape index (κ3) is 2.56. The van der Waals surface area contributed by atoms with E-state index in [0.29, 0.717) is 30.2 Å². The van der Waals surface area contributed by atoms with Crippen LogP contribution in [-0.2, 0) is 4.79 Å². The summed E-state index contributed by atoms with van der Waals surface area (Å²) in [5, 5.41) is 4.18. The van der Waals surface area contributed by atoms with E-state index in [0.717, 1.165) is 31.5 Å². The van der Waals surface area contributed by atoms with Crippen LogP contribution in [0.3, 0.4) is 0 Å². The highest BCUT2D eigenvalue weighted by atomic mass is 16.5. The first kappa shape index (κ1) is 15.1. The van der Waals surface area contributed by atoms with Crippen LogP contribution < -0.4 is 0 Å². The molecule has 6 heteroatoms. The maximum Gasteiger partial charge on any atom is 0.244 e. The smallest absolute Gasteiger partial charge is 0.244 e. The zero-order valence-corrected chi connectivity index (χ0v) is 14.2. The van der Waals surface area contributed by atoms with E-state index in [2.05, 4.69) is 15.0 Å². The second-order valence-corrected chi connectivity index (χ2v) is 7.40. The van der Waals surface area contributed by atoms with E-state index < -0.39 is 0 Å². The van der Waals surface area contributed by atoms with Crippen molar-refractivity contribution in [3.8, 4) is 11.4 Å². The van der Waals surface area contributed by atoms with Gasteiger partial charge in [-0.15, -0.1) is 0 Å². The van der Waals surface area contributed by atoms with Crippen molar-refractivity contribution in [3.63, 3.8) is 0 Å². The minimum Gasteiger partial charge on any atom is -0.341 e. The molecule has 2 bridgehead atoms. The maximum absolute atomic E-state index is 12.5. The van der Waals surface area contributed by atoms with E-state index in [1.807, 2.05) is 35.2 Å². The second kappa shape index (κ2) is 5.95. The molecule has 0 unspecified atom stereocenters. The number of piperidine rings is 1. The fourth-order valence-corrected chi connectivity index (χ4v) is 4.53. The Kier molecular flexibility index (Phi) is 3.59. The molecule has 3 atom stereocenters. The average molecular weight is 338 g/mol. The van der Waals surface area contributed by atoms with Gasteiger partial charge in [0, 0.05) is 24.7 Å². The SMILES string of the molecule is O=C(CN1[C@H]2CC[C@@H](C2)[C@H]1c1nc(-c2ccccc2)no1)N1CCC1. The van der Waals surface area contributed by atoms with Gasteiger partial charge in [-0.05, 0) is 31.6 Å². The number of amides is 1. The highest BCUT2D eigenvalue weighted by molar-refractivity contribution is 5.79. The van der Waals surface area contributed by atoms with Crippen molar-refractivity contribution in [1.29, 1.82) is 0 Å². The largest absolute Gasteiger partial charge is 0.341 e. The topological polar surface area (TPSA) is 62.5 Å². The van der Waals surface area contributed by atoms with Crippen LogP contribution in [0, 0.1) is 5.92 Å². The van der Waals surface area contributed by atoms with Crippen LogP contribution in [0.2, 0.25) is 0 Å². The number of benzene rings is 1. The lowest BCUT2D eigenvalue weighted by Crippen LogP contribution is -2.49. The molecule has 0 N–H and O–H groups in total. The number of hydrogen-bond acceptors (Lipinski definition) is 5. The van der Waals surface area contributed by atoms with Gasteiger partial charge in [0.2, 0.25) is 17.6 Å². The minimum atomic E-state index is 0.0916. The molecule has 1 amide bonds. The summed E-state index contributed by atoms with van der Waals surface area (Å²) in [5.41, 5.74) is 0.962. The summed E-state index contributed by atoms with van der Waals surface area (Å²) in [6.45, 7) is 2.29. The van der Waals surface area contributed by atoms with E-state index >= 15 is 0 Å². The molecule has 3 heterocycles. The van der Waals surface area contributed by atoms with Crippen LogP contribution in [0.1, 0.15) is 37.6 Å². The van der Waals surface area contributed by atoms with Gasteiger partial charge in [0.25, 0.3) is 0 Å². The number of carbonyl (C=O) groups is 1. The van der Waals surface area contributed by atoms with Crippen molar-refractivity contribution < 1.29 is 9.32 Å². The molecular formula is C19H22N4O2. The van der Waals surface area contributed by atoms with Crippen LogP contribution in [0.25, 0.3) is 11.4 Å². The Morgan fingerprint density at radius 1 is 1.20 bits per heavy atom. The molecule has 0 radical (unpaired) electrons. The van der Waals surface area contributed by atoms with Gasteiger partial charge in [-0.2, -0.15) is 4.98 Å². The molecule has 2 aliphatic heterocycles. The van der Waals surface area contributed by atoms with Gasteiger partial charge in [0.05, 0.1) is 12.6 Å². The Balaban J connectivity index is 1.39. The molecule has 1 saturated carbocycles. The molecule has 1 aromatic heterocycles. The Labute approximate surface area is 146 Å². The molecule has 25 heavy (non-hydrogen) atoms. The molecule has 130 valence electrons. The fourth-order valence-electron chi connectivity index (χ4n) is 4.53. The summed E-state index contributed by atoms with van der Waals surface area (Å²) in [6, 6.07) is 10.5. The van der Waals surface area contributed by atoms with E-state index in [1.165, 1.54) is 12.8 Å². The number of hydrogen-bond donors (Lipinski definition) is 0. The lowest BCUT2D eigenvalue weighted by atomic mass is 9.98. The summed E-state index contributed by atoms with van der Waals surface area (Å²) in [6.07, 6.45) is 4.63. The standard InChI is InChI=1S/C19H22N4O2/c24-16(22-9-4-10-22)12-23-15-8-7-14(11-15)17(23)19-20-18(21-25-19)13-5-2-1-3-6-13/h1-3,5-6,14-15,17H,4,7-12H2/t14-,15-,17-/m0/s1. The molecule has 6 nitrogen and oxygen atoms in total. The van der Waals surface area contributed by atoms with Crippen molar-refractivity contribution in [1.82, 2.24) is 19.9 Å². The Hall–Kier alpha value is -2.21. The molecule has 3 aliphatic rings. The summed E-state index contributed by atoms with van der Waals surface area (Å²) in [7, 11) is 0. The highest BCUT2D eigenvalue weighted by Gasteiger charge is 2.49. The fraction of sp³-hybridized carbons (Fsp3) is 0.526. The van der Waals surface area contributed by atoms with Crippen LogP contribution in [0.4, 0.5) is 0 Å². The van der Waals surface area contributed by atoms with Crippen LogP contribution in [0.15, 0.2) is 34.9 Å². The van der Waals surface area contributed by atoms with Gasteiger partial charge >= 0.3 is 0 Å².